The minimum Gasteiger partial charge on any atom is -0.497 e. The second-order valence-corrected chi connectivity index (χ2v) is 5.32. The van der Waals surface area contributed by atoms with Gasteiger partial charge in [-0.25, -0.2) is 0 Å². The number of carbonyl (C=O) groups excluding carboxylic acids is 1. The molecule has 0 heterocycles. The Bertz CT molecular complexity index is 639. The Morgan fingerprint density at radius 2 is 1.83 bits per heavy atom. The lowest BCUT2D eigenvalue weighted by atomic mass is 10.2. The predicted molar refractivity (Wildman–Crippen MR) is 90.2 cm³/mol. The van der Waals surface area contributed by atoms with E-state index < -0.39 is 6.04 Å². The number of ether oxygens (including phenoxy) is 2. The van der Waals surface area contributed by atoms with Crippen molar-refractivity contribution in [2.24, 2.45) is 5.73 Å². The van der Waals surface area contributed by atoms with Crippen LogP contribution in [-0.2, 0) is 22.7 Å². The maximum Gasteiger partial charge on any atom is 0.240 e. The van der Waals surface area contributed by atoms with Crippen LogP contribution in [0.4, 0.5) is 5.69 Å². The molecule has 0 aliphatic rings. The topological polar surface area (TPSA) is 73.6 Å². The molecule has 2 aromatic rings. The number of carbonyl (C=O) groups is 1. The number of hydrogen-bond donors (Lipinski definition) is 2. The molecule has 1 amide bonds. The smallest absolute Gasteiger partial charge is 0.240 e. The van der Waals surface area contributed by atoms with Crippen LogP contribution < -0.4 is 15.8 Å². The fourth-order valence-corrected chi connectivity index (χ4v) is 2.00. The van der Waals surface area contributed by atoms with Crippen LogP contribution in [0, 0.1) is 0 Å². The highest BCUT2D eigenvalue weighted by Crippen LogP contribution is 2.15. The Balaban J connectivity index is 1.86. The first-order chi connectivity index (χ1) is 11.1. The molecule has 0 bridgehead atoms. The zero-order valence-electron chi connectivity index (χ0n) is 13.4. The third-order valence-electron chi connectivity index (χ3n) is 3.30. The molecular weight excluding hydrogens is 292 g/mol. The highest BCUT2D eigenvalue weighted by molar-refractivity contribution is 5.94. The Hall–Kier alpha value is -2.37. The summed E-state index contributed by atoms with van der Waals surface area (Å²) < 4.78 is 10.8. The van der Waals surface area contributed by atoms with E-state index in [0.29, 0.717) is 13.2 Å². The maximum atomic E-state index is 11.6. The highest BCUT2D eigenvalue weighted by atomic mass is 16.5. The lowest BCUT2D eigenvalue weighted by molar-refractivity contribution is -0.117. The SMILES string of the molecule is COc1ccc(COCc2cccc(NC(=O)[C@@H](C)N)c2)cc1. The number of nitrogens with one attached hydrogen (secondary N) is 1. The van der Waals surface area contributed by atoms with E-state index in [4.69, 9.17) is 15.2 Å². The first-order valence-corrected chi connectivity index (χ1v) is 7.44. The van der Waals surface area contributed by atoms with Gasteiger partial charge in [0.1, 0.15) is 5.75 Å². The van der Waals surface area contributed by atoms with E-state index in [2.05, 4.69) is 5.32 Å². The van der Waals surface area contributed by atoms with Gasteiger partial charge in [-0.3, -0.25) is 4.79 Å². The van der Waals surface area contributed by atoms with Crippen molar-refractivity contribution < 1.29 is 14.3 Å². The Kier molecular flexibility index (Phi) is 6.14. The van der Waals surface area contributed by atoms with E-state index >= 15 is 0 Å². The number of rotatable bonds is 7. The van der Waals surface area contributed by atoms with Crippen molar-refractivity contribution in [1.29, 1.82) is 0 Å². The van der Waals surface area contributed by atoms with Gasteiger partial charge in [0, 0.05) is 5.69 Å². The third-order valence-corrected chi connectivity index (χ3v) is 3.30. The summed E-state index contributed by atoms with van der Waals surface area (Å²) in [5, 5.41) is 2.77. The zero-order valence-corrected chi connectivity index (χ0v) is 13.4. The van der Waals surface area contributed by atoms with Crippen molar-refractivity contribution in [3.05, 3.63) is 59.7 Å². The fraction of sp³-hybridized carbons (Fsp3) is 0.278. The van der Waals surface area contributed by atoms with Crippen molar-refractivity contribution in [1.82, 2.24) is 0 Å². The molecule has 0 aliphatic heterocycles. The van der Waals surface area contributed by atoms with Crippen molar-refractivity contribution in [2.75, 3.05) is 12.4 Å². The van der Waals surface area contributed by atoms with E-state index in [1.807, 2.05) is 48.5 Å². The highest BCUT2D eigenvalue weighted by Gasteiger charge is 2.07. The molecule has 0 fully saturated rings. The largest absolute Gasteiger partial charge is 0.497 e. The molecule has 5 nitrogen and oxygen atoms in total. The molecule has 0 aliphatic carbocycles. The molecule has 0 saturated heterocycles. The summed E-state index contributed by atoms with van der Waals surface area (Å²) in [4.78, 5) is 11.6. The summed E-state index contributed by atoms with van der Waals surface area (Å²) in [7, 11) is 1.64. The number of methoxy groups -OCH3 is 1. The molecule has 3 N–H and O–H groups in total. The van der Waals surface area contributed by atoms with Crippen molar-refractivity contribution in [2.45, 2.75) is 26.2 Å². The monoisotopic (exact) mass is 314 g/mol. The minimum absolute atomic E-state index is 0.207. The van der Waals surface area contributed by atoms with Gasteiger partial charge < -0.3 is 20.5 Å². The Labute approximate surface area is 136 Å². The van der Waals surface area contributed by atoms with Gasteiger partial charge in [-0.05, 0) is 42.3 Å². The molecule has 0 saturated carbocycles. The summed E-state index contributed by atoms with van der Waals surface area (Å²) in [6, 6.07) is 14.8. The molecule has 5 heteroatoms. The van der Waals surface area contributed by atoms with Gasteiger partial charge in [-0.2, -0.15) is 0 Å². The summed E-state index contributed by atoms with van der Waals surface area (Å²) in [5.41, 5.74) is 8.32. The molecule has 0 radical (unpaired) electrons. The molecule has 0 aromatic heterocycles. The number of hydrogen-bond acceptors (Lipinski definition) is 4. The lowest BCUT2D eigenvalue weighted by Crippen LogP contribution is -2.32. The molecule has 0 unspecified atom stereocenters. The number of benzene rings is 2. The fourth-order valence-electron chi connectivity index (χ4n) is 2.00. The molecular formula is C18H22N2O3. The Morgan fingerprint density at radius 1 is 1.13 bits per heavy atom. The number of nitrogens with two attached hydrogens (primary N) is 1. The van der Waals surface area contributed by atoms with Gasteiger partial charge in [-0.1, -0.05) is 24.3 Å². The van der Waals surface area contributed by atoms with Gasteiger partial charge in [0.15, 0.2) is 0 Å². The summed E-state index contributed by atoms with van der Waals surface area (Å²) in [6.45, 7) is 2.63. The number of anilines is 1. The molecule has 2 aromatic carbocycles. The first kappa shape index (κ1) is 17.0. The molecule has 23 heavy (non-hydrogen) atoms. The van der Waals surface area contributed by atoms with Crippen LogP contribution in [0.25, 0.3) is 0 Å². The number of amides is 1. The summed E-state index contributed by atoms with van der Waals surface area (Å²) >= 11 is 0. The van der Waals surface area contributed by atoms with Crippen LogP contribution in [0.5, 0.6) is 5.75 Å². The van der Waals surface area contributed by atoms with Gasteiger partial charge in [0.2, 0.25) is 5.91 Å². The average molecular weight is 314 g/mol. The summed E-state index contributed by atoms with van der Waals surface area (Å²) in [6.07, 6.45) is 0. The second kappa shape index (κ2) is 8.31. The molecule has 0 spiro atoms. The van der Waals surface area contributed by atoms with Crippen LogP contribution in [0.15, 0.2) is 48.5 Å². The van der Waals surface area contributed by atoms with Crippen LogP contribution in [0.3, 0.4) is 0 Å². The van der Waals surface area contributed by atoms with Gasteiger partial charge in [0.05, 0.1) is 26.4 Å². The van der Waals surface area contributed by atoms with E-state index in [1.54, 1.807) is 14.0 Å². The second-order valence-electron chi connectivity index (χ2n) is 5.32. The quantitative estimate of drug-likeness (QED) is 0.824. The van der Waals surface area contributed by atoms with Crippen LogP contribution >= 0.6 is 0 Å². The normalized spacial score (nSPS) is 11.8. The van der Waals surface area contributed by atoms with Crippen LogP contribution in [0.1, 0.15) is 18.1 Å². The van der Waals surface area contributed by atoms with Gasteiger partial charge in [0.25, 0.3) is 0 Å². The van der Waals surface area contributed by atoms with Crippen molar-refractivity contribution in [3.63, 3.8) is 0 Å². The molecule has 1 atom stereocenters. The van der Waals surface area contributed by atoms with Crippen LogP contribution in [0.2, 0.25) is 0 Å². The van der Waals surface area contributed by atoms with Crippen molar-refractivity contribution in [3.8, 4) is 5.75 Å². The van der Waals surface area contributed by atoms with Gasteiger partial charge >= 0.3 is 0 Å². The Morgan fingerprint density at radius 3 is 2.48 bits per heavy atom. The van der Waals surface area contributed by atoms with Gasteiger partial charge in [-0.15, -0.1) is 0 Å². The lowest BCUT2D eigenvalue weighted by Gasteiger charge is -2.10. The van der Waals surface area contributed by atoms with Crippen LogP contribution in [-0.4, -0.2) is 19.1 Å². The van der Waals surface area contributed by atoms with E-state index in [0.717, 1.165) is 22.6 Å². The predicted octanol–water partition coefficient (Wildman–Crippen LogP) is 2.70. The van der Waals surface area contributed by atoms with E-state index in [-0.39, 0.29) is 5.91 Å². The third kappa shape index (κ3) is 5.39. The first-order valence-electron chi connectivity index (χ1n) is 7.44. The molecule has 2 rings (SSSR count). The van der Waals surface area contributed by atoms with E-state index in [9.17, 15) is 4.79 Å². The zero-order chi connectivity index (χ0) is 16.7. The maximum absolute atomic E-state index is 11.6. The summed E-state index contributed by atoms with van der Waals surface area (Å²) in [5.74, 6) is 0.618. The average Bonchev–Trinajstić information content (AvgIpc) is 2.56. The van der Waals surface area contributed by atoms with Crippen molar-refractivity contribution >= 4 is 11.6 Å². The minimum atomic E-state index is -0.537. The van der Waals surface area contributed by atoms with E-state index in [1.165, 1.54) is 0 Å². The standard InChI is InChI=1S/C18H22N2O3/c1-13(19)18(21)20-16-5-3-4-15(10-16)12-23-11-14-6-8-17(22-2)9-7-14/h3-10,13H,11-12,19H2,1-2H3,(H,20,21)/t13-/m1/s1. The molecule has 122 valence electrons.